The Bertz CT molecular complexity index is 2460. The van der Waals surface area contributed by atoms with Crippen molar-refractivity contribution in [1.29, 1.82) is 0 Å². The molecule has 6 aromatic rings. The molecule has 0 amide bonds. The third-order valence-corrected chi connectivity index (χ3v) is 10.8. The zero-order valence-electron chi connectivity index (χ0n) is 27.3. The summed E-state index contributed by atoms with van der Waals surface area (Å²) in [6.07, 6.45) is 0. The first-order valence-electron chi connectivity index (χ1n) is 15.6. The van der Waals surface area contributed by atoms with E-state index in [1.165, 1.54) is 66.7 Å². The van der Waals surface area contributed by atoms with E-state index in [4.69, 9.17) is 0 Å². The first kappa shape index (κ1) is 37.2. The van der Waals surface area contributed by atoms with E-state index >= 15 is 0 Å². The number of anilines is 6. The van der Waals surface area contributed by atoms with Crippen molar-refractivity contribution in [1.82, 2.24) is 0 Å². The predicted molar refractivity (Wildman–Crippen MR) is 200 cm³/mol. The Morgan fingerprint density at radius 3 is 0.943 bits per heavy atom. The summed E-state index contributed by atoms with van der Waals surface area (Å²) >= 11 is 0. The van der Waals surface area contributed by atoms with Crippen LogP contribution in [0.25, 0.3) is 0 Å². The van der Waals surface area contributed by atoms with Crippen molar-refractivity contribution < 1.29 is 44.0 Å². The van der Waals surface area contributed by atoms with Gasteiger partial charge < -0.3 is 21.1 Å². The lowest BCUT2D eigenvalue weighted by Gasteiger charge is -2.31. The lowest BCUT2D eigenvalue weighted by molar-refractivity contribution is 0.126. The van der Waals surface area contributed by atoms with Crippen LogP contribution in [-0.2, 0) is 36.0 Å². The van der Waals surface area contributed by atoms with Crippen molar-refractivity contribution in [2.24, 2.45) is 0 Å². The molecule has 0 heterocycles. The highest BCUT2D eigenvalue weighted by Gasteiger charge is 2.34. The molecule has 0 bridgehead atoms. The Labute approximate surface area is 305 Å². The second-order valence-electron chi connectivity index (χ2n) is 11.8. The molecule has 53 heavy (non-hydrogen) atoms. The average Bonchev–Trinajstić information content (AvgIpc) is 3.12. The third kappa shape index (κ3) is 8.73. The minimum absolute atomic E-state index is 0.243. The van der Waals surface area contributed by atoms with Crippen molar-refractivity contribution in [3.8, 4) is 0 Å². The Kier molecular flexibility index (Phi) is 10.1. The van der Waals surface area contributed by atoms with Gasteiger partial charge in [0, 0.05) is 34.1 Å². The molecule has 0 aromatic heterocycles. The Hall–Kier alpha value is -5.59. The summed E-state index contributed by atoms with van der Waals surface area (Å²) < 4.78 is 96.8. The van der Waals surface area contributed by atoms with Crippen LogP contribution < -0.4 is 16.0 Å². The van der Waals surface area contributed by atoms with E-state index in [2.05, 4.69) is 16.0 Å². The first-order chi connectivity index (χ1) is 25.0. The van der Waals surface area contributed by atoms with Crippen LogP contribution >= 0.6 is 0 Å². The maximum absolute atomic E-state index is 12.6. The van der Waals surface area contributed by atoms with Crippen LogP contribution in [-0.4, -0.2) is 44.0 Å². The summed E-state index contributed by atoms with van der Waals surface area (Å²) in [6.45, 7) is 0. The molecule has 0 unspecified atom stereocenters. The fourth-order valence-electron chi connectivity index (χ4n) is 5.54. The van der Waals surface area contributed by atoms with Gasteiger partial charge in [0.1, 0.15) is 5.60 Å². The Morgan fingerprint density at radius 1 is 0.358 bits per heavy atom. The first-order valence-corrected chi connectivity index (χ1v) is 19.9. The number of benzene rings is 6. The molecule has 0 aliphatic rings. The van der Waals surface area contributed by atoms with Crippen LogP contribution in [0.3, 0.4) is 0 Å². The van der Waals surface area contributed by atoms with Gasteiger partial charge in [0.2, 0.25) is 0 Å². The fraction of sp³-hybridized carbons (Fsp3) is 0.0270. The molecule has 0 radical (unpaired) electrons. The standard InChI is InChI=1S/C37H31N3O10S3/c41-37(25-4-10-28(11-5-25)38-31-16-20-34(21-17-31)51(42,43)44,26-6-12-29(13-7-26)39-32-18-22-35(23-19-32)52(45,46)47)27-8-14-30(15-9-27)40-33-2-1-3-36(24-33)53(48,49)50/h1-24,38-41H,(H,42,43,44)(H,45,46,47)(H,48,49,50). The van der Waals surface area contributed by atoms with E-state index in [1.807, 2.05) is 0 Å². The Morgan fingerprint density at radius 2 is 0.642 bits per heavy atom. The lowest BCUT2D eigenvalue weighted by Crippen LogP contribution is -2.28. The van der Waals surface area contributed by atoms with Crippen LogP contribution in [0.1, 0.15) is 16.7 Å². The van der Waals surface area contributed by atoms with Crippen molar-refractivity contribution in [2.75, 3.05) is 16.0 Å². The normalized spacial score (nSPS) is 12.2. The minimum atomic E-state index is -4.41. The summed E-state index contributed by atoms with van der Waals surface area (Å²) in [7, 11) is -13.1. The largest absolute Gasteiger partial charge is 0.376 e. The van der Waals surface area contributed by atoms with E-state index in [1.54, 1.807) is 78.9 Å². The summed E-state index contributed by atoms with van der Waals surface area (Å²) in [5.74, 6) is 0. The number of hydrogen-bond acceptors (Lipinski definition) is 10. The van der Waals surface area contributed by atoms with E-state index in [0.29, 0.717) is 50.8 Å². The van der Waals surface area contributed by atoms with E-state index in [0.717, 1.165) is 0 Å². The van der Waals surface area contributed by atoms with E-state index in [9.17, 15) is 44.0 Å². The number of nitrogens with one attached hydrogen (secondary N) is 3. The topological polar surface area (TPSA) is 219 Å². The van der Waals surface area contributed by atoms with Gasteiger partial charge in [0.25, 0.3) is 30.4 Å². The monoisotopic (exact) mass is 773 g/mol. The van der Waals surface area contributed by atoms with Crippen LogP contribution in [0, 0.1) is 0 Å². The number of hydrogen-bond donors (Lipinski definition) is 7. The molecule has 0 spiro atoms. The highest BCUT2D eigenvalue weighted by Crippen LogP contribution is 2.39. The molecular weight excluding hydrogens is 743 g/mol. The molecule has 0 aliphatic heterocycles. The maximum Gasteiger partial charge on any atom is 0.294 e. The zero-order valence-corrected chi connectivity index (χ0v) is 29.8. The molecule has 0 saturated heterocycles. The zero-order chi connectivity index (χ0) is 38.0. The third-order valence-electron chi connectivity index (χ3n) is 8.21. The van der Waals surface area contributed by atoms with Crippen LogP contribution in [0.4, 0.5) is 34.1 Å². The van der Waals surface area contributed by atoms with Crippen molar-refractivity contribution in [2.45, 2.75) is 20.3 Å². The lowest BCUT2D eigenvalue weighted by atomic mass is 9.80. The molecule has 6 aromatic carbocycles. The SMILES string of the molecule is O=S(=O)(O)c1ccc(Nc2ccc(C(O)(c3ccc(Nc4ccc(S(=O)(=O)O)cc4)cc3)c3ccc(Nc4cccc(S(=O)(=O)O)c4)cc3)cc2)cc1. The fourth-order valence-corrected chi connectivity index (χ4v) is 7.03. The summed E-state index contributed by atoms with van der Waals surface area (Å²) in [5, 5.41) is 22.0. The molecule has 13 nitrogen and oxygen atoms in total. The second-order valence-corrected chi connectivity index (χ2v) is 16.1. The molecule has 0 saturated carbocycles. The summed E-state index contributed by atoms with van der Waals surface area (Å²) in [4.78, 5) is -0.755. The van der Waals surface area contributed by atoms with Crippen molar-refractivity contribution >= 4 is 64.5 Å². The van der Waals surface area contributed by atoms with E-state index in [-0.39, 0.29) is 14.7 Å². The second kappa shape index (κ2) is 14.4. The molecule has 0 fully saturated rings. The molecule has 0 aliphatic carbocycles. The van der Waals surface area contributed by atoms with Gasteiger partial charge in [-0.25, -0.2) is 0 Å². The van der Waals surface area contributed by atoms with Crippen molar-refractivity contribution in [3.05, 3.63) is 162 Å². The highest BCUT2D eigenvalue weighted by molar-refractivity contribution is 7.86. The van der Waals surface area contributed by atoms with Gasteiger partial charge in [-0.3, -0.25) is 13.7 Å². The van der Waals surface area contributed by atoms with Gasteiger partial charge in [0.15, 0.2) is 0 Å². The molecule has 272 valence electrons. The summed E-state index contributed by atoms with van der Waals surface area (Å²) in [5.41, 5.74) is 3.12. The van der Waals surface area contributed by atoms with Crippen LogP contribution in [0.2, 0.25) is 0 Å². The molecule has 7 N–H and O–H groups in total. The van der Waals surface area contributed by atoms with Gasteiger partial charge in [0.05, 0.1) is 14.7 Å². The van der Waals surface area contributed by atoms with Gasteiger partial charge >= 0.3 is 0 Å². The minimum Gasteiger partial charge on any atom is -0.376 e. The van der Waals surface area contributed by atoms with E-state index < -0.39 is 36.0 Å². The van der Waals surface area contributed by atoms with Gasteiger partial charge in [-0.15, -0.1) is 0 Å². The van der Waals surface area contributed by atoms with Gasteiger partial charge in [-0.05, 0) is 120 Å². The highest BCUT2D eigenvalue weighted by atomic mass is 32.2. The Balaban J connectivity index is 1.30. The molecule has 0 atom stereocenters. The van der Waals surface area contributed by atoms with Crippen LogP contribution in [0.15, 0.2) is 160 Å². The number of aliphatic hydroxyl groups is 1. The van der Waals surface area contributed by atoms with Gasteiger partial charge in [-0.2, -0.15) is 25.3 Å². The van der Waals surface area contributed by atoms with Crippen molar-refractivity contribution in [3.63, 3.8) is 0 Å². The summed E-state index contributed by atoms with van der Waals surface area (Å²) in [6, 6.07) is 37.4. The predicted octanol–water partition coefficient (Wildman–Crippen LogP) is 6.94. The van der Waals surface area contributed by atoms with Crippen LogP contribution in [0.5, 0.6) is 0 Å². The smallest absolute Gasteiger partial charge is 0.294 e. The molecule has 16 heteroatoms. The quantitative estimate of drug-likeness (QED) is 0.0496. The van der Waals surface area contributed by atoms with Gasteiger partial charge in [-0.1, -0.05) is 42.5 Å². The maximum atomic E-state index is 12.6. The number of rotatable bonds is 12. The molecular formula is C37H31N3O10S3. The molecule has 6 rings (SSSR count). The average molecular weight is 774 g/mol.